The largest absolute Gasteiger partial charge is 0.319 e. The molecule has 2 amide bonds. The molecule has 0 fully saturated rings. The summed E-state index contributed by atoms with van der Waals surface area (Å²) in [6.45, 7) is 1.81. The Hall–Kier alpha value is -2.79. The molecule has 4 N–H and O–H groups in total. The van der Waals surface area contributed by atoms with E-state index in [1.54, 1.807) is 12.1 Å². The Kier molecular flexibility index (Phi) is 5.99. The predicted molar refractivity (Wildman–Crippen MR) is 112 cm³/mol. The lowest BCUT2D eigenvalue weighted by molar-refractivity contribution is 0.101. The number of aromatic nitrogens is 1. The number of rotatable bonds is 5. The van der Waals surface area contributed by atoms with E-state index in [1.165, 1.54) is 23.6 Å². The fourth-order valence-electron chi connectivity index (χ4n) is 2.39. The predicted octanol–water partition coefficient (Wildman–Crippen LogP) is 3.26. The number of amides is 2. The van der Waals surface area contributed by atoms with Crippen molar-refractivity contribution < 1.29 is 18.0 Å². The standard InChI is InChI=1S/C18H15ClN4O4S2/c1-10-4-2-7-13(19)15(10)22-17(25)14-9-28-18(21-14)23-16(24)11-5-3-6-12(8-11)29(20,26)27/h2-9H,1H3,(H,22,25)(H2,20,26,27)(H,21,23,24). The number of primary sulfonamides is 1. The van der Waals surface area contributed by atoms with Gasteiger partial charge in [0.05, 0.1) is 15.6 Å². The first-order valence-electron chi connectivity index (χ1n) is 8.11. The van der Waals surface area contributed by atoms with E-state index in [0.717, 1.165) is 23.0 Å². The quantitative estimate of drug-likeness (QED) is 0.549. The lowest BCUT2D eigenvalue weighted by Crippen LogP contribution is -2.16. The SMILES string of the molecule is Cc1cccc(Cl)c1NC(=O)c1csc(NC(=O)c2cccc(S(N)(=O)=O)c2)n1. The molecular formula is C18H15ClN4O4S2. The van der Waals surface area contributed by atoms with Gasteiger partial charge in [0.15, 0.2) is 5.13 Å². The molecule has 150 valence electrons. The molecule has 29 heavy (non-hydrogen) atoms. The Bertz CT molecular complexity index is 1190. The topological polar surface area (TPSA) is 131 Å². The van der Waals surface area contributed by atoms with Crippen molar-refractivity contribution in [3.63, 3.8) is 0 Å². The van der Waals surface area contributed by atoms with Gasteiger partial charge in [0.25, 0.3) is 11.8 Å². The zero-order chi connectivity index (χ0) is 21.2. The van der Waals surface area contributed by atoms with Crippen molar-refractivity contribution in [2.24, 2.45) is 5.14 Å². The van der Waals surface area contributed by atoms with Gasteiger partial charge in [-0.3, -0.25) is 14.9 Å². The number of hydrogen-bond donors (Lipinski definition) is 3. The third-order valence-electron chi connectivity index (χ3n) is 3.84. The number of aryl methyl sites for hydroxylation is 1. The van der Waals surface area contributed by atoms with E-state index in [4.69, 9.17) is 16.7 Å². The van der Waals surface area contributed by atoms with Crippen molar-refractivity contribution in [3.8, 4) is 0 Å². The molecule has 0 radical (unpaired) electrons. The molecule has 0 unspecified atom stereocenters. The molecule has 0 spiro atoms. The minimum atomic E-state index is -3.93. The number of benzene rings is 2. The summed E-state index contributed by atoms with van der Waals surface area (Å²) in [7, 11) is -3.93. The summed E-state index contributed by atoms with van der Waals surface area (Å²) in [6.07, 6.45) is 0. The molecule has 0 saturated carbocycles. The number of sulfonamides is 1. The highest BCUT2D eigenvalue weighted by Gasteiger charge is 2.17. The highest BCUT2D eigenvalue weighted by molar-refractivity contribution is 7.89. The molecule has 0 saturated heterocycles. The van der Waals surface area contributed by atoms with Gasteiger partial charge in [-0.25, -0.2) is 18.5 Å². The molecule has 1 heterocycles. The van der Waals surface area contributed by atoms with Crippen LogP contribution in [-0.4, -0.2) is 25.2 Å². The van der Waals surface area contributed by atoms with Crippen molar-refractivity contribution >= 4 is 55.6 Å². The number of para-hydroxylation sites is 1. The number of nitrogens with one attached hydrogen (secondary N) is 2. The molecule has 0 bridgehead atoms. The van der Waals surface area contributed by atoms with E-state index in [0.29, 0.717) is 10.7 Å². The van der Waals surface area contributed by atoms with Crippen LogP contribution in [-0.2, 0) is 10.0 Å². The van der Waals surface area contributed by atoms with E-state index < -0.39 is 21.8 Å². The summed E-state index contributed by atoms with van der Waals surface area (Å²) in [4.78, 5) is 28.7. The Labute approximate surface area is 175 Å². The molecule has 0 atom stereocenters. The highest BCUT2D eigenvalue weighted by Crippen LogP contribution is 2.26. The van der Waals surface area contributed by atoms with Gasteiger partial charge in [0, 0.05) is 10.9 Å². The monoisotopic (exact) mass is 450 g/mol. The first kappa shape index (κ1) is 20.9. The first-order chi connectivity index (χ1) is 13.6. The molecule has 11 heteroatoms. The molecular weight excluding hydrogens is 436 g/mol. The maximum Gasteiger partial charge on any atom is 0.275 e. The van der Waals surface area contributed by atoms with Crippen molar-refractivity contribution in [1.82, 2.24) is 4.98 Å². The third kappa shape index (κ3) is 4.98. The van der Waals surface area contributed by atoms with Gasteiger partial charge in [-0.2, -0.15) is 0 Å². The number of anilines is 2. The summed E-state index contributed by atoms with van der Waals surface area (Å²) < 4.78 is 22.8. The lowest BCUT2D eigenvalue weighted by Gasteiger charge is -2.08. The molecule has 0 aliphatic carbocycles. The fourth-order valence-corrected chi connectivity index (χ4v) is 3.90. The maximum atomic E-state index is 12.4. The smallest absolute Gasteiger partial charge is 0.275 e. The van der Waals surface area contributed by atoms with Gasteiger partial charge in [0.1, 0.15) is 5.69 Å². The number of nitrogens with two attached hydrogens (primary N) is 1. The van der Waals surface area contributed by atoms with Crippen LogP contribution >= 0.6 is 22.9 Å². The summed E-state index contributed by atoms with van der Waals surface area (Å²) in [5, 5.41) is 12.4. The van der Waals surface area contributed by atoms with Crippen LogP contribution in [0.2, 0.25) is 5.02 Å². The van der Waals surface area contributed by atoms with Crippen LogP contribution in [0.25, 0.3) is 0 Å². The minimum absolute atomic E-state index is 0.0874. The van der Waals surface area contributed by atoms with Crippen molar-refractivity contribution in [3.05, 3.63) is 69.7 Å². The Balaban J connectivity index is 1.73. The number of halogens is 1. The van der Waals surface area contributed by atoms with Gasteiger partial charge < -0.3 is 5.32 Å². The second-order valence-electron chi connectivity index (χ2n) is 5.95. The number of carbonyl (C=O) groups is 2. The van der Waals surface area contributed by atoms with E-state index >= 15 is 0 Å². The van der Waals surface area contributed by atoms with Crippen LogP contribution in [0, 0.1) is 6.92 Å². The summed E-state index contributed by atoms with van der Waals surface area (Å²) in [6, 6.07) is 10.5. The van der Waals surface area contributed by atoms with E-state index in [-0.39, 0.29) is 21.3 Å². The van der Waals surface area contributed by atoms with Crippen LogP contribution < -0.4 is 15.8 Å². The average molecular weight is 451 g/mol. The second kappa shape index (κ2) is 8.29. The summed E-state index contributed by atoms with van der Waals surface area (Å²) in [5.41, 5.74) is 1.47. The lowest BCUT2D eigenvalue weighted by atomic mass is 10.2. The number of carbonyl (C=O) groups excluding carboxylic acids is 2. The van der Waals surface area contributed by atoms with Crippen LogP contribution in [0.15, 0.2) is 52.7 Å². The molecule has 8 nitrogen and oxygen atoms in total. The van der Waals surface area contributed by atoms with E-state index in [2.05, 4.69) is 15.6 Å². The molecule has 0 aliphatic rings. The summed E-state index contributed by atoms with van der Waals surface area (Å²) in [5.74, 6) is -1.06. The van der Waals surface area contributed by atoms with E-state index in [9.17, 15) is 18.0 Å². The Morgan fingerprint density at radius 3 is 2.52 bits per heavy atom. The molecule has 0 aliphatic heterocycles. The number of hydrogen-bond acceptors (Lipinski definition) is 6. The fraction of sp³-hybridized carbons (Fsp3) is 0.0556. The van der Waals surface area contributed by atoms with Crippen molar-refractivity contribution in [2.75, 3.05) is 10.6 Å². The van der Waals surface area contributed by atoms with E-state index in [1.807, 2.05) is 13.0 Å². The average Bonchev–Trinajstić information content (AvgIpc) is 3.13. The molecule has 2 aromatic carbocycles. The Morgan fingerprint density at radius 1 is 1.10 bits per heavy atom. The van der Waals surface area contributed by atoms with Crippen LogP contribution in [0.4, 0.5) is 10.8 Å². The molecule has 1 aromatic heterocycles. The molecule has 3 rings (SSSR count). The summed E-state index contributed by atoms with van der Waals surface area (Å²) >= 11 is 7.16. The Morgan fingerprint density at radius 2 is 1.83 bits per heavy atom. The minimum Gasteiger partial charge on any atom is -0.319 e. The molecule has 3 aromatic rings. The first-order valence-corrected chi connectivity index (χ1v) is 10.9. The highest BCUT2D eigenvalue weighted by atomic mass is 35.5. The van der Waals surface area contributed by atoms with Crippen LogP contribution in [0.1, 0.15) is 26.4 Å². The van der Waals surface area contributed by atoms with Gasteiger partial charge in [0.2, 0.25) is 10.0 Å². The van der Waals surface area contributed by atoms with Crippen LogP contribution in [0.3, 0.4) is 0 Å². The second-order valence-corrected chi connectivity index (χ2v) is 8.78. The van der Waals surface area contributed by atoms with Gasteiger partial charge >= 0.3 is 0 Å². The van der Waals surface area contributed by atoms with Crippen molar-refractivity contribution in [2.45, 2.75) is 11.8 Å². The zero-order valence-corrected chi connectivity index (χ0v) is 17.4. The van der Waals surface area contributed by atoms with Gasteiger partial charge in [-0.15, -0.1) is 11.3 Å². The van der Waals surface area contributed by atoms with Gasteiger partial charge in [-0.05, 0) is 36.8 Å². The normalized spacial score (nSPS) is 11.1. The third-order valence-corrected chi connectivity index (χ3v) is 5.83. The van der Waals surface area contributed by atoms with Crippen LogP contribution in [0.5, 0.6) is 0 Å². The van der Waals surface area contributed by atoms with Crippen molar-refractivity contribution in [1.29, 1.82) is 0 Å². The number of thiazole rings is 1. The van der Waals surface area contributed by atoms with Gasteiger partial charge in [-0.1, -0.05) is 29.8 Å². The number of nitrogens with zero attached hydrogens (tertiary/aromatic N) is 1. The zero-order valence-electron chi connectivity index (χ0n) is 15.0. The maximum absolute atomic E-state index is 12.4.